The SMILES string of the molecule is CCNc1ccc([N+](=O)[O-])cc1C(=O)N(C)C(C)C(C)C. The third-order valence-corrected chi connectivity index (χ3v) is 3.71. The van der Waals surface area contributed by atoms with Gasteiger partial charge in [0, 0.05) is 37.5 Å². The van der Waals surface area contributed by atoms with Gasteiger partial charge in [-0.3, -0.25) is 14.9 Å². The van der Waals surface area contributed by atoms with Crippen molar-refractivity contribution in [1.82, 2.24) is 4.90 Å². The molecule has 0 aliphatic rings. The number of anilines is 1. The van der Waals surface area contributed by atoms with Gasteiger partial charge in [-0.2, -0.15) is 0 Å². The second-order valence-corrected chi connectivity index (χ2v) is 5.42. The summed E-state index contributed by atoms with van der Waals surface area (Å²) in [5, 5.41) is 14.0. The number of nitro benzene ring substituents is 1. The maximum Gasteiger partial charge on any atom is 0.270 e. The van der Waals surface area contributed by atoms with E-state index in [9.17, 15) is 14.9 Å². The molecule has 1 atom stereocenters. The third-order valence-electron chi connectivity index (χ3n) is 3.71. The number of hydrogen-bond donors (Lipinski definition) is 1. The Balaban J connectivity index is 3.21. The smallest absolute Gasteiger partial charge is 0.270 e. The first-order valence-corrected chi connectivity index (χ1v) is 7.09. The molecule has 1 aromatic carbocycles. The summed E-state index contributed by atoms with van der Waals surface area (Å²) in [5.74, 6) is 0.0936. The molecule has 0 fully saturated rings. The lowest BCUT2D eigenvalue weighted by Gasteiger charge is -2.28. The molecular formula is C15H23N3O3. The van der Waals surface area contributed by atoms with Crippen LogP contribution in [0, 0.1) is 16.0 Å². The highest BCUT2D eigenvalue weighted by Gasteiger charge is 2.24. The van der Waals surface area contributed by atoms with Gasteiger partial charge in [0.25, 0.3) is 11.6 Å². The van der Waals surface area contributed by atoms with Crippen LogP contribution in [0.1, 0.15) is 38.1 Å². The predicted molar refractivity (Wildman–Crippen MR) is 83.7 cm³/mol. The van der Waals surface area contributed by atoms with E-state index in [4.69, 9.17) is 0 Å². The molecule has 6 heteroatoms. The number of amides is 1. The first-order valence-electron chi connectivity index (χ1n) is 7.09. The number of hydrogen-bond acceptors (Lipinski definition) is 4. The Labute approximate surface area is 125 Å². The summed E-state index contributed by atoms with van der Waals surface area (Å²) in [4.78, 5) is 24.7. The number of carbonyl (C=O) groups excluding carboxylic acids is 1. The quantitative estimate of drug-likeness (QED) is 0.645. The van der Waals surface area contributed by atoms with E-state index in [1.807, 2.05) is 27.7 Å². The van der Waals surface area contributed by atoms with Crippen LogP contribution < -0.4 is 5.32 Å². The second-order valence-electron chi connectivity index (χ2n) is 5.42. The normalized spacial score (nSPS) is 12.1. The maximum absolute atomic E-state index is 12.6. The highest BCUT2D eigenvalue weighted by molar-refractivity contribution is 6.00. The van der Waals surface area contributed by atoms with Crippen molar-refractivity contribution < 1.29 is 9.72 Å². The van der Waals surface area contributed by atoms with Gasteiger partial charge in [0.1, 0.15) is 0 Å². The molecule has 1 amide bonds. The fourth-order valence-corrected chi connectivity index (χ4v) is 1.99. The number of rotatable bonds is 6. The van der Waals surface area contributed by atoms with Crippen molar-refractivity contribution in [1.29, 1.82) is 0 Å². The highest BCUT2D eigenvalue weighted by Crippen LogP contribution is 2.24. The lowest BCUT2D eigenvalue weighted by Crippen LogP contribution is -2.38. The molecule has 0 heterocycles. The van der Waals surface area contributed by atoms with Gasteiger partial charge in [-0.25, -0.2) is 0 Å². The molecule has 1 rings (SSSR count). The van der Waals surface area contributed by atoms with E-state index in [2.05, 4.69) is 5.32 Å². The molecule has 0 spiro atoms. The molecule has 0 radical (unpaired) electrons. The van der Waals surface area contributed by atoms with Crippen molar-refractivity contribution in [3.63, 3.8) is 0 Å². The van der Waals surface area contributed by atoms with Gasteiger partial charge in [-0.15, -0.1) is 0 Å². The van der Waals surface area contributed by atoms with Gasteiger partial charge in [-0.05, 0) is 25.8 Å². The van der Waals surface area contributed by atoms with E-state index >= 15 is 0 Å². The van der Waals surface area contributed by atoms with Crippen LogP contribution in [0.3, 0.4) is 0 Å². The van der Waals surface area contributed by atoms with Gasteiger partial charge in [-0.1, -0.05) is 13.8 Å². The van der Waals surface area contributed by atoms with Crippen molar-refractivity contribution in [2.45, 2.75) is 33.7 Å². The van der Waals surface area contributed by atoms with E-state index in [0.29, 0.717) is 23.7 Å². The van der Waals surface area contributed by atoms with E-state index in [-0.39, 0.29) is 17.6 Å². The minimum atomic E-state index is -0.488. The van der Waals surface area contributed by atoms with Crippen LogP contribution in [0.15, 0.2) is 18.2 Å². The van der Waals surface area contributed by atoms with Crippen molar-refractivity contribution in [3.05, 3.63) is 33.9 Å². The number of nitrogens with zero attached hydrogens (tertiary/aromatic N) is 2. The summed E-state index contributed by atoms with van der Waals surface area (Å²) in [6.45, 7) is 8.59. The highest BCUT2D eigenvalue weighted by atomic mass is 16.6. The molecule has 0 aromatic heterocycles. The van der Waals surface area contributed by atoms with E-state index in [1.54, 1.807) is 18.0 Å². The van der Waals surface area contributed by atoms with Crippen LogP contribution in [0.25, 0.3) is 0 Å². The molecule has 21 heavy (non-hydrogen) atoms. The zero-order valence-electron chi connectivity index (χ0n) is 13.2. The van der Waals surface area contributed by atoms with Crippen LogP contribution in [-0.2, 0) is 0 Å². The summed E-state index contributed by atoms with van der Waals surface area (Å²) < 4.78 is 0. The van der Waals surface area contributed by atoms with Crippen LogP contribution in [0.2, 0.25) is 0 Å². The van der Waals surface area contributed by atoms with Gasteiger partial charge in [0.2, 0.25) is 0 Å². The van der Waals surface area contributed by atoms with E-state index in [0.717, 1.165) is 0 Å². The summed E-state index contributed by atoms with van der Waals surface area (Å²) >= 11 is 0. The largest absolute Gasteiger partial charge is 0.385 e. The summed E-state index contributed by atoms with van der Waals surface area (Å²) in [6.07, 6.45) is 0. The average Bonchev–Trinajstić information content (AvgIpc) is 2.45. The van der Waals surface area contributed by atoms with Gasteiger partial charge in [0.05, 0.1) is 10.5 Å². The Bertz CT molecular complexity index is 529. The molecule has 0 saturated heterocycles. The number of nitro groups is 1. The lowest BCUT2D eigenvalue weighted by atomic mass is 10.0. The molecule has 0 saturated carbocycles. The molecule has 1 aromatic rings. The Hall–Kier alpha value is -2.11. The Morgan fingerprint density at radius 2 is 2.00 bits per heavy atom. The summed E-state index contributed by atoms with van der Waals surface area (Å²) in [7, 11) is 1.72. The number of nitrogens with one attached hydrogen (secondary N) is 1. The van der Waals surface area contributed by atoms with Crippen LogP contribution in [0.5, 0.6) is 0 Å². The molecule has 116 valence electrons. The monoisotopic (exact) mass is 293 g/mol. The van der Waals surface area contributed by atoms with E-state index < -0.39 is 4.92 Å². The van der Waals surface area contributed by atoms with Crippen LogP contribution >= 0.6 is 0 Å². The van der Waals surface area contributed by atoms with Crippen molar-refractivity contribution in [3.8, 4) is 0 Å². The minimum Gasteiger partial charge on any atom is -0.385 e. The standard InChI is InChI=1S/C15H23N3O3/c1-6-16-14-8-7-12(18(20)21)9-13(14)15(19)17(5)11(4)10(2)3/h7-11,16H,6H2,1-5H3. The maximum atomic E-state index is 12.6. The van der Waals surface area contributed by atoms with Crippen molar-refractivity contribution >= 4 is 17.3 Å². The second kappa shape index (κ2) is 7.06. The van der Waals surface area contributed by atoms with Crippen LogP contribution in [0.4, 0.5) is 11.4 Å². The Kier molecular flexibility index (Phi) is 5.69. The molecule has 1 N–H and O–H groups in total. The first kappa shape index (κ1) is 16.9. The Morgan fingerprint density at radius 3 is 2.48 bits per heavy atom. The van der Waals surface area contributed by atoms with Gasteiger partial charge < -0.3 is 10.2 Å². The predicted octanol–water partition coefficient (Wildman–Crippen LogP) is 3.14. The third kappa shape index (κ3) is 3.93. The van der Waals surface area contributed by atoms with E-state index in [1.165, 1.54) is 12.1 Å². The molecule has 6 nitrogen and oxygen atoms in total. The number of benzene rings is 1. The first-order chi connectivity index (χ1) is 9.79. The molecule has 0 aliphatic carbocycles. The molecule has 0 aliphatic heterocycles. The lowest BCUT2D eigenvalue weighted by molar-refractivity contribution is -0.384. The van der Waals surface area contributed by atoms with Gasteiger partial charge >= 0.3 is 0 Å². The molecular weight excluding hydrogens is 270 g/mol. The average molecular weight is 293 g/mol. The molecule has 0 bridgehead atoms. The Morgan fingerprint density at radius 1 is 1.38 bits per heavy atom. The zero-order chi connectivity index (χ0) is 16.2. The topological polar surface area (TPSA) is 75.5 Å². The summed E-state index contributed by atoms with van der Waals surface area (Å²) in [5.41, 5.74) is 0.877. The van der Waals surface area contributed by atoms with Crippen molar-refractivity contribution in [2.75, 3.05) is 18.9 Å². The molecule has 1 unspecified atom stereocenters. The zero-order valence-corrected chi connectivity index (χ0v) is 13.2. The van der Waals surface area contributed by atoms with Gasteiger partial charge in [0.15, 0.2) is 0 Å². The fraction of sp³-hybridized carbons (Fsp3) is 0.533. The fourth-order valence-electron chi connectivity index (χ4n) is 1.99. The minimum absolute atomic E-state index is 0.0474. The number of non-ortho nitro benzene ring substituents is 1. The van der Waals surface area contributed by atoms with Crippen molar-refractivity contribution in [2.24, 2.45) is 5.92 Å². The number of carbonyl (C=O) groups is 1. The summed E-state index contributed by atoms with van der Waals surface area (Å²) in [6, 6.07) is 4.37. The van der Waals surface area contributed by atoms with Crippen LogP contribution in [-0.4, -0.2) is 35.4 Å².